The van der Waals surface area contributed by atoms with E-state index in [4.69, 9.17) is 4.98 Å². The molecule has 0 unspecified atom stereocenters. The number of benzene rings is 4. The molecule has 2 heterocycles. The normalized spacial score (nSPS) is 13.8. The van der Waals surface area contributed by atoms with Crippen LogP contribution in [0.25, 0.3) is 10.2 Å². The fraction of sp³-hybridized carbons (Fsp3) is 0.188. The molecular weight excluding hydrogens is 539 g/mol. The Balaban J connectivity index is 1.30. The van der Waals surface area contributed by atoms with E-state index in [-0.39, 0.29) is 10.8 Å². The van der Waals surface area contributed by atoms with E-state index in [1.165, 1.54) is 38.9 Å². The van der Waals surface area contributed by atoms with Gasteiger partial charge in [0.2, 0.25) is 10.0 Å². The van der Waals surface area contributed by atoms with Crippen LogP contribution in [0.2, 0.25) is 0 Å². The van der Waals surface area contributed by atoms with Gasteiger partial charge in [-0.1, -0.05) is 65.9 Å². The third-order valence-corrected chi connectivity index (χ3v) is 10.4. The van der Waals surface area contributed by atoms with Gasteiger partial charge >= 0.3 is 0 Å². The maximum atomic E-state index is 13.9. The highest BCUT2D eigenvalue weighted by atomic mass is 32.2. The molecule has 0 aliphatic carbocycles. The molecule has 40 heavy (non-hydrogen) atoms. The fourth-order valence-corrected chi connectivity index (χ4v) is 7.49. The van der Waals surface area contributed by atoms with Crippen LogP contribution in [-0.2, 0) is 29.5 Å². The molecule has 1 aliphatic rings. The molecule has 0 saturated carbocycles. The van der Waals surface area contributed by atoms with Crippen molar-refractivity contribution < 1.29 is 13.2 Å². The van der Waals surface area contributed by atoms with Gasteiger partial charge in [0.05, 0.1) is 21.7 Å². The molecule has 6 rings (SSSR count). The first kappa shape index (κ1) is 26.4. The Labute approximate surface area is 238 Å². The summed E-state index contributed by atoms with van der Waals surface area (Å²) >= 11 is 1.48. The van der Waals surface area contributed by atoms with Gasteiger partial charge in [0.25, 0.3) is 5.91 Å². The van der Waals surface area contributed by atoms with Crippen LogP contribution in [-0.4, -0.2) is 30.2 Å². The van der Waals surface area contributed by atoms with Crippen molar-refractivity contribution in [2.24, 2.45) is 0 Å². The highest BCUT2D eigenvalue weighted by molar-refractivity contribution is 7.89. The first-order chi connectivity index (χ1) is 19.3. The number of aromatic nitrogens is 1. The van der Waals surface area contributed by atoms with Gasteiger partial charge in [0.1, 0.15) is 0 Å². The maximum absolute atomic E-state index is 13.9. The van der Waals surface area contributed by atoms with Crippen LogP contribution in [0, 0.1) is 13.8 Å². The highest BCUT2D eigenvalue weighted by Crippen LogP contribution is 2.33. The summed E-state index contributed by atoms with van der Waals surface area (Å²) in [6, 6.07) is 28.2. The van der Waals surface area contributed by atoms with Crippen molar-refractivity contribution in [3.05, 3.63) is 124 Å². The summed E-state index contributed by atoms with van der Waals surface area (Å²) in [6.45, 7) is 5.25. The van der Waals surface area contributed by atoms with Crippen LogP contribution in [0.5, 0.6) is 0 Å². The van der Waals surface area contributed by atoms with Crippen LogP contribution < -0.4 is 4.90 Å². The predicted molar refractivity (Wildman–Crippen MR) is 160 cm³/mol. The number of sulfonamides is 1. The van der Waals surface area contributed by atoms with Gasteiger partial charge < -0.3 is 0 Å². The van der Waals surface area contributed by atoms with Crippen LogP contribution in [0.4, 0.5) is 5.13 Å². The number of carbonyl (C=O) groups is 1. The average Bonchev–Trinajstić information content (AvgIpc) is 3.38. The summed E-state index contributed by atoms with van der Waals surface area (Å²) in [5, 5.41) is 0.609. The van der Waals surface area contributed by atoms with E-state index in [1.54, 1.807) is 17.0 Å². The predicted octanol–water partition coefficient (Wildman–Crippen LogP) is 6.51. The summed E-state index contributed by atoms with van der Waals surface area (Å²) in [7, 11) is -3.70. The third-order valence-electron chi connectivity index (χ3n) is 7.49. The number of anilines is 1. The van der Waals surface area contributed by atoms with Crippen LogP contribution in [0.1, 0.15) is 38.2 Å². The Kier molecular flexibility index (Phi) is 7.00. The lowest BCUT2D eigenvalue weighted by molar-refractivity contribution is 0.0985. The first-order valence-corrected chi connectivity index (χ1v) is 15.5. The number of amides is 1. The third kappa shape index (κ3) is 5.06. The molecule has 4 aromatic carbocycles. The molecule has 5 aromatic rings. The number of rotatable bonds is 6. The van der Waals surface area contributed by atoms with Crippen molar-refractivity contribution in [3.8, 4) is 0 Å². The number of fused-ring (bicyclic) bond motifs is 2. The number of carbonyl (C=O) groups excluding carboxylic acids is 1. The lowest BCUT2D eigenvalue weighted by Crippen LogP contribution is -2.36. The summed E-state index contributed by atoms with van der Waals surface area (Å²) in [6.07, 6.45) is 0.682. The van der Waals surface area contributed by atoms with E-state index in [0.717, 1.165) is 26.9 Å². The van der Waals surface area contributed by atoms with Crippen LogP contribution in [0.3, 0.4) is 0 Å². The van der Waals surface area contributed by atoms with E-state index < -0.39 is 10.0 Å². The molecular formula is C32H29N3O3S2. The molecule has 0 saturated heterocycles. The average molecular weight is 568 g/mol. The zero-order chi connectivity index (χ0) is 27.9. The molecule has 1 amide bonds. The van der Waals surface area contributed by atoms with Crippen molar-refractivity contribution >= 4 is 42.6 Å². The van der Waals surface area contributed by atoms with Crippen LogP contribution in [0.15, 0.2) is 95.9 Å². The van der Waals surface area contributed by atoms with Gasteiger partial charge in [-0.15, -0.1) is 0 Å². The Morgan fingerprint density at radius 1 is 0.900 bits per heavy atom. The molecule has 1 aromatic heterocycles. The van der Waals surface area contributed by atoms with E-state index >= 15 is 0 Å². The SMILES string of the molecule is Cc1cc2nc(N(Cc3ccccc3)C(=O)c3ccc(S(=O)(=O)N4CCc5ccccc5C4)cc3)sc2cc1C. The first-order valence-electron chi connectivity index (χ1n) is 13.2. The lowest BCUT2D eigenvalue weighted by Gasteiger charge is -2.28. The van der Waals surface area contributed by atoms with Crippen LogP contribution >= 0.6 is 11.3 Å². The Bertz CT molecular complexity index is 1780. The molecule has 0 atom stereocenters. The van der Waals surface area contributed by atoms with Crippen molar-refractivity contribution in [1.29, 1.82) is 0 Å². The molecule has 8 heteroatoms. The van der Waals surface area contributed by atoms with Crippen molar-refractivity contribution in [1.82, 2.24) is 9.29 Å². The smallest absolute Gasteiger partial charge is 0.260 e. The second kappa shape index (κ2) is 10.6. The van der Waals surface area contributed by atoms with E-state index in [1.807, 2.05) is 48.5 Å². The van der Waals surface area contributed by atoms with Gasteiger partial charge in [-0.05, 0) is 84.5 Å². The van der Waals surface area contributed by atoms with E-state index in [9.17, 15) is 13.2 Å². The van der Waals surface area contributed by atoms with Crippen molar-refractivity contribution in [3.63, 3.8) is 0 Å². The minimum Gasteiger partial charge on any atom is -0.279 e. The Morgan fingerprint density at radius 3 is 2.33 bits per heavy atom. The Hall–Kier alpha value is -3.85. The Morgan fingerprint density at radius 2 is 1.57 bits per heavy atom. The number of nitrogens with zero attached hydrogens (tertiary/aromatic N) is 3. The summed E-state index contributed by atoms with van der Waals surface area (Å²) in [5.41, 5.74) is 6.79. The minimum atomic E-state index is -3.70. The molecule has 0 spiro atoms. The number of hydrogen-bond acceptors (Lipinski definition) is 5. The zero-order valence-corrected chi connectivity index (χ0v) is 24.0. The summed E-state index contributed by atoms with van der Waals surface area (Å²) < 4.78 is 29.4. The number of hydrogen-bond donors (Lipinski definition) is 0. The maximum Gasteiger partial charge on any atom is 0.260 e. The second-order valence-corrected chi connectivity index (χ2v) is 13.1. The molecule has 0 fully saturated rings. The standard InChI is InChI=1S/C32H29N3O3S2/c1-22-18-29-30(19-23(22)2)39-32(33-29)35(20-24-8-4-3-5-9-24)31(36)26-12-14-28(15-13-26)40(37,38)34-17-16-25-10-6-7-11-27(25)21-34/h3-15,18-19H,16-17,20-21H2,1-2H3. The van der Waals surface area contributed by atoms with Gasteiger partial charge in [0, 0.05) is 18.7 Å². The highest BCUT2D eigenvalue weighted by Gasteiger charge is 2.29. The largest absolute Gasteiger partial charge is 0.279 e. The van der Waals surface area contributed by atoms with Crippen molar-refractivity contribution in [2.75, 3.05) is 11.4 Å². The van der Waals surface area contributed by atoms with Gasteiger partial charge in [0.15, 0.2) is 5.13 Å². The second-order valence-electron chi connectivity index (χ2n) is 10.2. The molecule has 202 valence electrons. The van der Waals surface area contributed by atoms with Gasteiger partial charge in [-0.25, -0.2) is 13.4 Å². The van der Waals surface area contributed by atoms with E-state index in [0.29, 0.717) is 36.8 Å². The molecule has 0 bridgehead atoms. The zero-order valence-electron chi connectivity index (χ0n) is 22.4. The monoisotopic (exact) mass is 567 g/mol. The van der Waals surface area contributed by atoms with E-state index in [2.05, 4.69) is 32.0 Å². The van der Waals surface area contributed by atoms with Crippen molar-refractivity contribution in [2.45, 2.75) is 38.3 Å². The number of thiazole rings is 1. The molecule has 0 N–H and O–H groups in total. The topological polar surface area (TPSA) is 70.6 Å². The molecule has 6 nitrogen and oxygen atoms in total. The molecule has 0 radical (unpaired) electrons. The van der Waals surface area contributed by atoms with Gasteiger partial charge in [-0.2, -0.15) is 4.31 Å². The summed E-state index contributed by atoms with van der Waals surface area (Å²) in [5.74, 6) is -0.229. The summed E-state index contributed by atoms with van der Waals surface area (Å²) in [4.78, 5) is 20.6. The van der Waals surface area contributed by atoms with Gasteiger partial charge in [-0.3, -0.25) is 9.69 Å². The fourth-order valence-electron chi connectivity index (χ4n) is 5.02. The molecule has 1 aliphatic heterocycles. The quantitative estimate of drug-likeness (QED) is 0.235. The minimum absolute atomic E-state index is 0.184. The number of aryl methyl sites for hydroxylation is 2. The lowest BCUT2D eigenvalue weighted by atomic mass is 10.0.